The number of methoxy groups -OCH3 is 1. The van der Waals surface area contributed by atoms with Crippen LogP contribution in [0.2, 0.25) is 0 Å². The number of rotatable bonds is 5. The lowest BCUT2D eigenvalue weighted by molar-refractivity contribution is -0.119. The van der Waals surface area contributed by atoms with Crippen LogP contribution < -0.4 is 15.4 Å². The number of nitrogens with zero attached hydrogens (tertiary/aromatic N) is 2. The number of aromatic nitrogens is 3. The maximum absolute atomic E-state index is 12.8. The molecule has 4 rings (SSSR count). The number of fused-ring (bicyclic) bond motifs is 3. The molecule has 0 bridgehead atoms. The first-order valence-corrected chi connectivity index (χ1v) is 9.24. The molecule has 0 unspecified atom stereocenters. The molecule has 1 amide bonds. The molecule has 2 heterocycles. The topological polar surface area (TPSA) is 91.9 Å². The van der Waals surface area contributed by atoms with Gasteiger partial charge in [-0.3, -0.25) is 15.2 Å². The molecule has 7 nitrogen and oxygen atoms in total. The van der Waals surface area contributed by atoms with Crippen LogP contribution in [0.5, 0.6) is 5.75 Å². The number of hydrogen-bond donors (Lipinski definition) is 3. The number of hydrogen-bond acceptors (Lipinski definition) is 6. The van der Waals surface area contributed by atoms with E-state index in [1.54, 1.807) is 13.3 Å². The van der Waals surface area contributed by atoms with E-state index in [1.807, 2.05) is 50.2 Å². The fraction of sp³-hybridized carbons (Fsp3) is 0.211. The number of ether oxygens (including phenoxy) is 1. The van der Waals surface area contributed by atoms with E-state index in [0.717, 1.165) is 32.6 Å². The van der Waals surface area contributed by atoms with Crippen molar-refractivity contribution in [2.24, 2.45) is 0 Å². The summed E-state index contributed by atoms with van der Waals surface area (Å²) in [6.45, 7) is 3.65. The molecule has 0 aliphatic rings. The third-order valence-corrected chi connectivity index (χ3v) is 5.31. The number of H-pyrrole nitrogens is 1. The molecule has 3 N–H and O–H groups in total. The molecule has 0 atom stereocenters. The van der Waals surface area contributed by atoms with Crippen LogP contribution in [0.4, 0.5) is 10.8 Å². The van der Waals surface area contributed by atoms with Crippen molar-refractivity contribution in [3.63, 3.8) is 0 Å². The zero-order chi connectivity index (χ0) is 19.0. The smallest absolute Gasteiger partial charge is 0.251 e. The quantitative estimate of drug-likeness (QED) is 0.486. The van der Waals surface area contributed by atoms with Gasteiger partial charge in [0.15, 0.2) is 5.13 Å². The van der Waals surface area contributed by atoms with Gasteiger partial charge in [0.2, 0.25) is 0 Å². The average Bonchev–Trinajstić information content (AvgIpc) is 3.26. The Kier molecular flexibility index (Phi) is 4.19. The predicted molar refractivity (Wildman–Crippen MR) is 109 cm³/mol. The van der Waals surface area contributed by atoms with Crippen molar-refractivity contribution in [2.75, 3.05) is 17.7 Å². The van der Waals surface area contributed by atoms with E-state index >= 15 is 0 Å². The van der Waals surface area contributed by atoms with Gasteiger partial charge in [0.25, 0.3) is 5.91 Å². The molecule has 138 valence electrons. The van der Waals surface area contributed by atoms with Crippen LogP contribution in [0.25, 0.3) is 21.1 Å². The summed E-state index contributed by atoms with van der Waals surface area (Å²) in [5, 5.41) is 14.7. The van der Waals surface area contributed by atoms with Crippen LogP contribution in [0, 0.1) is 0 Å². The van der Waals surface area contributed by atoms with Crippen LogP contribution >= 0.6 is 11.3 Å². The first-order chi connectivity index (χ1) is 13.0. The Labute approximate surface area is 159 Å². The number of benzene rings is 2. The Morgan fingerprint density at radius 1 is 1.26 bits per heavy atom. The van der Waals surface area contributed by atoms with Crippen molar-refractivity contribution in [2.45, 2.75) is 19.4 Å². The minimum atomic E-state index is -0.838. The maximum Gasteiger partial charge on any atom is 0.251 e. The molecule has 0 radical (unpaired) electrons. The van der Waals surface area contributed by atoms with E-state index in [2.05, 4.69) is 25.8 Å². The van der Waals surface area contributed by atoms with E-state index in [1.165, 1.54) is 11.3 Å². The molecule has 2 aromatic heterocycles. The highest BCUT2D eigenvalue weighted by molar-refractivity contribution is 7.23. The fourth-order valence-electron chi connectivity index (χ4n) is 2.83. The minimum Gasteiger partial charge on any atom is -0.497 e. The van der Waals surface area contributed by atoms with Gasteiger partial charge in [-0.15, -0.1) is 0 Å². The highest BCUT2D eigenvalue weighted by Crippen LogP contribution is 2.32. The zero-order valence-corrected chi connectivity index (χ0v) is 16.0. The molecule has 0 saturated heterocycles. The van der Waals surface area contributed by atoms with Crippen molar-refractivity contribution in [3.8, 4) is 5.75 Å². The number of nitrogens with one attached hydrogen (secondary N) is 3. The second-order valence-corrected chi connectivity index (χ2v) is 7.70. The predicted octanol–water partition coefficient (Wildman–Crippen LogP) is 4.01. The lowest BCUT2D eigenvalue weighted by Crippen LogP contribution is -2.44. The summed E-state index contributed by atoms with van der Waals surface area (Å²) in [5.41, 5.74) is 1.75. The first kappa shape index (κ1) is 17.3. The Bertz CT molecular complexity index is 1130. The molecule has 0 aliphatic carbocycles. The summed E-state index contributed by atoms with van der Waals surface area (Å²) in [5.74, 6) is 0.555. The number of carbonyl (C=O) groups is 1. The molecular weight excluding hydrogens is 362 g/mol. The molecule has 0 aliphatic heterocycles. The number of aromatic amines is 1. The van der Waals surface area contributed by atoms with Crippen LogP contribution in [-0.2, 0) is 4.79 Å². The zero-order valence-electron chi connectivity index (χ0n) is 15.2. The van der Waals surface area contributed by atoms with Crippen LogP contribution in [0.3, 0.4) is 0 Å². The van der Waals surface area contributed by atoms with Gasteiger partial charge < -0.3 is 10.1 Å². The second kappa shape index (κ2) is 6.55. The van der Waals surface area contributed by atoms with Gasteiger partial charge >= 0.3 is 0 Å². The first-order valence-electron chi connectivity index (χ1n) is 8.42. The summed E-state index contributed by atoms with van der Waals surface area (Å²) in [7, 11) is 1.61. The Morgan fingerprint density at radius 3 is 2.93 bits per heavy atom. The largest absolute Gasteiger partial charge is 0.497 e. The summed E-state index contributed by atoms with van der Waals surface area (Å²) in [4.78, 5) is 17.4. The number of thiazole rings is 1. The van der Waals surface area contributed by atoms with Crippen LogP contribution in [0.15, 0.2) is 42.6 Å². The standard InChI is InChI=1S/C19H19N5O2S/c1-19(2,23-11-5-4-6-12(9-11)26-3)17(25)22-18-21-15-8-7-14-13(10-20-24-14)16(15)27-18/h4-10,23H,1-3H3,(H,20,24)(H,21,22,25). The highest BCUT2D eigenvalue weighted by atomic mass is 32.1. The van der Waals surface area contributed by atoms with Gasteiger partial charge in [-0.05, 0) is 38.1 Å². The number of amides is 1. The van der Waals surface area contributed by atoms with E-state index in [-0.39, 0.29) is 5.91 Å². The molecule has 0 fully saturated rings. The van der Waals surface area contributed by atoms with Crippen molar-refractivity contribution < 1.29 is 9.53 Å². The Morgan fingerprint density at radius 2 is 2.11 bits per heavy atom. The number of anilines is 2. The maximum atomic E-state index is 12.8. The van der Waals surface area contributed by atoms with Gasteiger partial charge in [-0.2, -0.15) is 5.10 Å². The SMILES string of the molecule is COc1cccc(NC(C)(C)C(=O)Nc2nc3ccc4[nH]ncc4c3s2)c1. The van der Waals surface area contributed by atoms with Crippen molar-refractivity contribution in [3.05, 3.63) is 42.6 Å². The molecular formula is C19H19N5O2S. The summed E-state index contributed by atoms with van der Waals surface area (Å²) < 4.78 is 6.23. The minimum absolute atomic E-state index is 0.173. The Balaban J connectivity index is 1.55. The molecule has 0 spiro atoms. The highest BCUT2D eigenvalue weighted by Gasteiger charge is 2.28. The van der Waals surface area contributed by atoms with E-state index < -0.39 is 5.54 Å². The molecule has 2 aromatic carbocycles. The van der Waals surface area contributed by atoms with Gasteiger partial charge in [0.05, 0.1) is 29.0 Å². The van der Waals surface area contributed by atoms with Crippen molar-refractivity contribution in [1.29, 1.82) is 0 Å². The van der Waals surface area contributed by atoms with Gasteiger partial charge in [0, 0.05) is 17.1 Å². The van der Waals surface area contributed by atoms with Gasteiger partial charge in [-0.25, -0.2) is 4.98 Å². The second-order valence-electron chi connectivity index (χ2n) is 6.70. The molecule has 27 heavy (non-hydrogen) atoms. The fourth-order valence-corrected chi connectivity index (χ4v) is 3.80. The molecule has 4 aromatic rings. The lowest BCUT2D eigenvalue weighted by atomic mass is 10.0. The van der Waals surface area contributed by atoms with E-state index in [4.69, 9.17) is 4.74 Å². The summed E-state index contributed by atoms with van der Waals surface area (Å²) >= 11 is 1.44. The van der Waals surface area contributed by atoms with Crippen LogP contribution in [-0.4, -0.2) is 33.7 Å². The van der Waals surface area contributed by atoms with E-state index in [9.17, 15) is 4.79 Å². The lowest BCUT2D eigenvalue weighted by Gasteiger charge is -2.26. The van der Waals surface area contributed by atoms with Crippen molar-refractivity contribution >= 4 is 49.2 Å². The average molecular weight is 381 g/mol. The summed E-state index contributed by atoms with van der Waals surface area (Å²) in [6, 6.07) is 11.3. The third kappa shape index (κ3) is 3.31. The molecule has 8 heteroatoms. The van der Waals surface area contributed by atoms with E-state index in [0.29, 0.717) is 5.13 Å². The molecule has 0 saturated carbocycles. The number of carbonyl (C=O) groups excluding carboxylic acids is 1. The normalized spacial score (nSPS) is 11.7. The third-order valence-electron chi connectivity index (χ3n) is 4.29. The van der Waals surface area contributed by atoms with Gasteiger partial charge in [0.1, 0.15) is 11.3 Å². The van der Waals surface area contributed by atoms with Crippen molar-refractivity contribution in [1.82, 2.24) is 15.2 Å². The Hall–Kier alpha value is -3.13. The van der Waals surface area contributed by atoms with Crippen LogP contribution in [0.1, 0.15) is 13.8 Å². The summed E-state index contributed by atoms with van der Waals surface area (Å²) in [6.07, 6.45) is 1.77. The van der Waals surface area contributed by atoms with Gasteiger partial charge in [-0.1, -0.05) is 17.4 Å². The monoisotopic (exact) mass is 381 g/mol.